The highest BCUT2D eigenvalue weighted by molar-refractivity contribution is 5.79. The topological polar surface area (TPSA) is 83.4 Å². The van der Waals surface area contributed by atoms with Crippen molar-refractivity contribution in [1.29, 1.82) is 0 Å². The number of carbonyl (C=O) groups is 1. The van der Waals surface area contributed by atoms with Crippen molar-refractivity contribution in [1.82, 2.24) is 24.8 Å². The molecular formula is C23H34N6O2. The number of aromatic nitrogens is 3. The van der Waals surface area contributed by atoms with Crippen LogP contribution in [0.1, 0.15) is 44.9 Å². The van der Waals surface area contributed by atoms with Crippen LogP contribution in [0.25, 0.3) is 11.2 Å². The molecule has 168 valence electrons. The molecule has 2 fully saturated rings. The molecule has 0 spiro atoms. The maximum absolute atomic E-state index is 12.8. The average molecular weight is 427 g/mol. The number of fused-ring (bicyclic) bond motifs is 1. The smallest absolute Gasteiger partial charge is 0.294 e. The number of hydrogen-bond acceptors (Lipinski definition) is 6. The largest absolute Gasteiger partial charge is 0.356 e. The van der Waals surface area contributed by atoms with Crippen molar-refractivity contribution in [3.8, 4) is 0 Å². The fourth-order valence-corrected chi connectivity index (χ4v) is 4.72. The van der Waals surface area contributed by atoms with E-state index in [0.717, 1.165) is 32.4 Å². The third kappa shape index (κ3) is 5.23. The third-order valence-corrected chi connectivity index (χ3v) is 6.62. The van der Waals surface area contributed by atoms with Crippen molar-refractivity contribution in [2.45, 2.75) is 44.9 Å². The molecule has 8 nitrogen and oxygen atoms in total. The molecule has 2 aromatic rings. The first kappa shape index (κ1) is 21.7. The second kappa shape index (κ2) is 10.2. The Morgan fingerprint density at radius 2 is 1.87 bits per heavy atom. The minimum absolute atomic E-state index is 0.0143. The second-order valence-corrected chi connectivity index (χ2v) is 8.81. The lowest BCUT2D eigenvalue weighted by molar-refractivity contribution is -0.125. The van der Waals surface area contributed by atoms with Crippen molar-refractivity contribution in [3.05, 3.63) is 28.7 Å². The minimum Gasteiger partial charge on any atom is -0.356 e. The summed E-state index contributed by atoms with van der Waals surface area (Å²) in [5, 5.41) is 3.13. The maximum Gasteiger partial charge on any atom is 0.294 e. The highest BCUT2D eigenvalue weighted by Gasteiger charge is 2.27. The predicted molar refractivity (Wildman–Crippen MR) is 122 cm³/mol. The quantitative estimate of drug-likeness (QED) is 0.711. The lowest BCUT2D eigenvalue weighted by Gasteiger charge is -2.32. The SMILES string of the molecule is Cn1c(=O)c(N2CCC(C(=O)NCCCN3CCCCCC3)CC2)nc2cccnc21. The summed E-state index contributed by atoms with van der Waals surface area (Å²) in [5.41, 5.74) is 1.16. The Labute approximate surface area is 183 Å². The molecule has 8 heteroatoms. The molecule has 4 heterocycles. The number of nitrogens with zero attached hydrogens (tertiary/aromatic N) is 5. The Bertz CT molecular complexity index is 943. The van der Waals surface area contributed by atoms with E-state index in [1.165, 1.54) is 38.8 Å². The molecule has 4 rings (SSSR count). The normalized spacial score (nSPS) is 18.8. The van der Waals surface area contributed by atoms with E-state index in [2.05, 4.69) is 20.2 Å². The Morgan fingerprint density at radius 1 is 1.13 bits per heavy atom. The Kier molecular flexibility index (Phi) is 7.17. The van der Waals surface area contributed by atoms with E-state index in [1.807, 2.05) is 17.0 Å². The van der Waals surface area contributed by atoms with Gasteiger partial charge in [-0.1, -0.05) is 12.8 Å². The molecule has 1 amide bonds. The van der Waals surface area contributed by atoms with Crippen LogP contribution in [0.5, 0.6) is 0 Å². The van der Waals surface area contributed by atoms with Crippen molar-refractivity contribution in [2.75, 3.05) is 44.2 Å². The number of likely N-dealkylation sites (tertiary alicyclic amines) is 1. The summed E-state index contributed by atoms with van der Waals surface area (Å²) in [5.74, 6) is 0.624. The Morgan fingerprint density at radius 3 is 2.61 bits per heavy atom. The van der Waals surface area contributed by atoms with Gasteiger partial charge in [-0.05, 0) is 63.9 Å². The molecule has 2 saturated heterocycles. The Hall–Kier alpha value is -2.48. The zero-order chi connectivity index (χ0) is 21.6. The van der Waals surface area contributed by atoms with E-state index in [9.17, 15) is 9.59 Å². The van der Waals surface area contributed by atoms with Crippen LogP contribution in [0.15, 0.2) is 23.1 Å². The van der Waals surface area contributed by atoms with Crippen molar-refractivity contribution in [3.63, 3.8) is 0 Å². The van der Waals surface area contributed by atoms with Crippen LogP contribution in [0, 0.1) is 5.92 Å². The van der Waals surface area contributed by atoms with Gasteiger partial charge in [-0.3, -0.25) is 14.2 Å². The van der Waals surface area contributed by atoms with E-state index < -0.39 is 0 Å². The van der Waals surface area contributed by atoms with E-state index in [-0.39, 0.29) is 17.4 Å². The summed E-state index contributed by atoms with van der Waals surface area (Å²) in [7, 11) is 1.73. The number of hydrogen-bond donors (Lipinski definition) is 1. The summed E-state index contributed by atoms with van der Waals surface area (Å²) in [6, 6.07) is 3.70. The predicted octanol–water partition coefficient (Wildman–Crippen LogP) is 1.93. The molecule has 0 aromatic carbocycles. The molecule has 2 aliphatic rings. The van der Waals surface area contributed by atoms with Crippen LogP contribution in [0.3, 0.4) is 0 Å². The van der Waals surface area contributed by atoms with E-state index in [0.29, 0.717) is 30.1 Å². The molecule has 31 heavy (non-hydrogen) atoms. The zero-order valence-corrected chi connectivity index (χ0v) is 18.6. The number of pyridine rings is 1. The fourth-order valence-electron chi connectivity index (χ4n) is 4.72. The molecular weight excluding hydrogens is 392 g/mol. The maximum atomic E-state index is 12.8. The molecule has 0 radical (unpaired) electrons. The number of amides is 1. The fraction of sp³-hybridized carbons (Fsp3) is 0.652. The second-order valence-electron chi connectivity index (χ2n) is 8.81. The monoisotopic (exact) mass is 426 g/mol. The van der Waals surface area contributed by atoms with Crippen molar-refractivity contribution >= 4 is 22.9 Å². The summed E-state index contributed by atoms with van der Waals surface area (Å²) in [6.45, 7) is 5.55. The molecule has 1 N–H and O–H groups in total. The van der Waals surface area contributed by atoms with Gasteiger partial charge < -0.3 is 15.1 Å². The molecule has 0 aliphatic carbocycles. The summed E-state index contributed by atoms with van der Waals surface area (Å²) < 4.78 is 1.56. The van der Waals surface area contributed by atoms with Gasteiger partial charge in [0.15, 0.2) is 11.5 Å². The van der Waals surface area contributed by atoms with E-state index in [1.54, 1.807) is 17.8 Å². The minimum atomic E-state index is -0.136. The van der Waals surface area contributed by atoms with Gasteiger partial charge in [0.2, 0.25) is 5.91 Å². The number of rotatable bonds is 6. The van der Waals surface area contributed by atoms with Crippen LogP contribution >= 0.6 is 0 Å². The molecule has 0 unspecified atom stereocenters. The van der Waals surface area contributed by atoms with Gasteiger partial charge in [0, 0.05) is 38.8 Å². The van der Waals surface area contributed by atoms with Gasteiger partial charge in [-0.25, -0.2) is 9.97 Å². The van der Waals surface area contributed by atoms with Crippen molar-refractivity contribution < 1.29 is 4.79 Å². The number of piperidine rings is 1. The summed E-state index contributed by atoms with van der Waals surface area (Å²) >= 11 is 0. The number of aryl methyl sites for hydroxylation is 1. The van der Waals surface area contributed by atoms with E-state index in [4.69, 9.17) is 0 Å². The molecule has 0 saturated carbocycles. The molecule has 2 aromatic heterocycles. The van der Waals surface area contributed by atoms with Crippen LogP contribution < -0.4 is 15.8 Å². The zero-order valence-electron chi connectivity index (χ0n) is 18.6. The van der Waals surface area contributed by atoms with Crippen LogP contribution in [-0.2, 0) is 11.8 Å². The van der Waals surface area contributed by atoms with Crippen LogP contribution in [0.4, 0.5) is 5.82 Å². The lowest BCUT2D eigenvalue weighted by atomic mass is 9.96. The third-order valence-electron chi connectivity index (χ3n) is 6.62. The first-order chi connectivity index (χ1) is 15.1. The van der Waals surface area contributed by atoms with Crippen LogP contribution in [-0.4, -0.2) is 64.6 Å². The van der Waals surface area contributed by atoms with Gasteiger partial charge in [0.25, 0.3) is 5.56 Å². The summed E-state index contributed by atoms with van der Waals surface area (Å²) in [6.07, 6.45) is 9.47. The van der Waals surface area contributed by atoms with Gasteiger partial charge in [-0.2, -0.15) is 0 Å². The first-order valence-corrected chi connectivity index (χ1v) is 11.7. The van der Waals surface area contributed by atoms with Gasteiger partial charge in [-0.15, -0.1) is 0 Å². The Balaban J connectivity index is 1.26. The standard InChI is InChI=1S/C23H34N6O2/c1-27-20-19(8-6-11-24-20)26-21(23(27)31)29-16-9-18(10-17-29)22(30)25-12-7-15-28-13-4-2-3-5-14-28/h6,8,11,18H,2-5,7,9-10,12-17H2,1H3,(H,25,30). The molecule has 2 aliphatic heterocycles. The first-order valence-electron chi connectivity index (χ1n) is 11.7. The molecule has 0 bridgehead atoms. The highest BCUT2D eigenvalue weighted by atomic mass is 16.2. The summed E-state index contributed by atoms with van der Waals surface area (Å²) in [4.78, 5) is 38.7. The van der Waals surface area contributed by atoms with Gasteiger partial charge in [0.1, 0.15) is 5.52 Å². The highest BCUT2D eigenvalue weighted by Crippen LogP contribution is 2.21. The number of anilines is 1. The number of carbonyl (C=O) groups excluding carboxylic acids is 1. The van der Waals surface area contributed by atoms with E-state index >= 15 is 0 Å². The van der Waals surface area contributed by atoms with Gasteiger partial charge >= 0.3 is 0 Å². The van der Waals surface area contributed by atoms with Crippen LogP contribution in [0.2, 0.25) is 0 Å². The number of nitrogens with one attached hydrogen (secondary N) is 1. The average Bonchev–Trinajstić information content (AvgIpc) is 3.08. The lowest BCUT2D eigenvalue weighted by Crippen LogP contribution is -2.43. The van der Waals surface area contributed by atoms with Crippen molar-refractivity contribution in [2.24, 2.45) is 13.0 Å². The molecule has 0 atom stereocenters. The van der Waals surface area contributed by atoms with Gasteiger partial charge in [0.05, 0.1) is 0 Å².